The minimum Gasteiger partial charge on any atom is -0.477 e. The number of carboxylic acids is 1. The van der Waals surface area contributed by atoms with Crippen molar-refractivity contribution in [3.05, 3.63) is 71.4 Å². The van der Waals surface area contributed by atoms with Gasteiger partial charge in [-0.05, 0) is 35.1 Å². The number of aromatic nitrogens is 2. The molecular formula is C26H26N4O5. The van der Waals surface area contributed by atoms with Crippen molar-refractivity contribution in [1.82, 2.24) is 15.1 Å². The highest BCUT2D eigenvalue weighted by Gasteiger charge is 2.44. The van der Waals surface area contributed by atoms with E-state index in [0.717, 1.165) is 35.1 Å². The zero-order valence-corrected chi connectivity index (χ0v) is 19.3. The highest BCUT2D eigenvalue weighted by atomic mass is 16.5. The lowest BCUT2D eigenvalue weighted by molar-refractivity contribution is -0.122. The lowest BCUT2D eigenvalue weighted by atomic mass is 9.96. The third-order valence-electron chi connectivity index (χ3n) is 6.87. The molecule has 0 bridgehead atoms. The summed E-state index contributed by atoms with van der Waals surface area (Å²) in [6.07, 6.45) is 3.01. The van der Waals surface area contributed by atoms with Crippen LogP contribution >= 0.6 is 0 Å². The zero-order valence-electron chi connectivity index (χ0n) is 19.3. The van der Waals surface area contributed by atoms with Gasteiger partial charge in [0.2, 0.25) is 0 Å². The molecule has 0 aliphatic heterocycles. The molecule has 9 heteroatoms. The van der Waals surface area contributed by atoms with Crippen LogP contribution in [0.4, 0.5) is 10.6 Å². The Morgan fingerprint density at radius 3 is 2.26 bits per heavy atom. The van der Waals surface area contributed by atoms with Gasteiger partial charge in [-0.2, -0.15) is 5.10 Å². The van der Waals surface area contributed by atoms with Crippen molar-refractivity contribution in [2.24, 2.45) is 7.05 Å². The molecule has 1 heterocycles. The van der Waals surface area contributed by atoms with Gasteiger partial charge >= 0.3 is 12.1 Å². The van der Waals surface area contributed by atoms with Crippen molar-refractivity contribution in [3.63, 3.8) is 0 Å². The van der Waals surface area contributed by atoms with E-state index in [1.165, 1.54) is 10.9 Å². The van der Waals surface area contributed by atoms with Crippen LogP contribution in [-0.4, -0.2) is 45.0 Å². The number of amides is 2. The van der Waals surface area contributed by atoms with Crippen molar-refractivity contribution >= 4 is 23.8 Å². The molecular weight excluding hydrogens is 448 g/mol. The predicted molar refractivity (Wildman–Crippen MR) is 128 cm³/mol. The summed E-state index contributed by atoms with van der Waals surface area (Å²) in [5.41, 5.74) is 3.17. The molecule has 9 nitrogen and oxygen atoms in total. The van der Waals surface area contributed by atoms with Crippen LogP contribution in [0.1, 0.15) is 53.1 Å². The second kappa shape index (κ2) is 8.90. The molecule has 3 N–H and O–H groups in total. The highest BCUT2D eigenvalue weighted by Crippen LogP contribution is 2.44. The minimum atomic E-state index is -1.20. The third-order valence-corrected chi connectivity index (χ3v) is 6.87. The molecule has 5 rings (SSSR count). The summed E-state index contributed by atoms with van der Waals surface area (Å²) in [5.74, 6) is -1.83. The summed E-state index contributed by atoms with van der Waals surface area (Å²) in [6, 6.07) is 16.1. The van der Waals surface area contributed by atoms with E-state index in [0.29, 0.717) is 12.8 Å². The SMILES string of the molecule is Cn1cc(C(=O)O)c(NC(=O)C2(NC(=O)OCC3c4ccccc4-c4ccccc43)CCCC2)n1. The number of fused-ring (bicyclic) bond motifs is 3. The molecule has 3 aromatic rings. The molecule has 2 aliphatic rings. The average Bonchev–Trinajstić information content (AvgIpc) is 3.54. The standard InChI is InChI=1S/C26H26N4O5/c1-30-14-20(23(31)32)22(29-30)27-24(33)26(12-6-7-13-26)28-25(34)35-15-21-18-10-4-2-8-16(18)17-9-3-5-11-19(17)21/h2-5,8-11,14,21H,6-7,12-13,15H2,1H3,(H,28,34)(H,31,32)(H,27,29,33). The number of anilines is 1. The van der Waals surface area contributed by atoms with Gasteiger partial charge in [0, 0.05) is 19.2 Å². The third kappa shape index (κ3) is 4.14. The fourth-order valence-electron chi connectivity index (χ4n) is 5.18. The molecule has 2 aromatic carbocycles. The van der Waals surface area contributed by atoms with Gasteiger partial charge in [-0.15, -0.1) is 0 Å². The van der Waals surface area contributed by atoms with E-state index in [4.69, 9.17) is 4.74 Å². The van der Waals surface area contributed by atoms with Gasteiger partial charge in [0.15, 0.2) is 5.82 Å². The van der Waals surface area contributed by atoms with Crippen LogP contribution < -0.4 is 10.6 Å². The van der Waals surface area contributed by atoms with Crippen molar-refractivity contribution in [2.75, 3.05) is 11.9 Å². The molecule has 0 saturated heterocycles. The summed E-state index contributed by atoms with van der Waals surface area (Å²) >= 11 is 0. The fraction of sp³-hybridized carbons (Fsp3) is 0.308. The molecule has 0 spiro atoms. The van der Waals surface area contributed by atoms with Crippen LogP contribution in [0, 0.1) is 0 Å². The van der Waals surface area contributed by atoms with E-state index >= 15 is 0 Å². The van der Waals surface area contributed by atoms with Gasteiger partial charge in [-0.25, -0.2) is 9.59 Å². The van der Waals surface area contributed by atoms with Crippen molar-refractivity contribution < 1.29 is 24.2 Å². The number of carbonyl (C=O) groups is 3. The summed E-state index contributed by atoms with van der Waals surface area (Å²) in [7, 11) is 1.57. The summed E-state index contributed by atoms with van der Waals surface area (Å²) in [4.78, 5) is 37.6. The van der Waals surface area contributed by atoms with Crippen LogP contribution in [0.5, 0.6) is 0 Å². The van der Waals surface area contributed by atoms with E-state index in [2.05, 4.69) is 27.9 Å². The van der Waals surface area contributed by atoms with E-state index in [-0.39, 0.29) is 23.9 Å². The molecule has 1 saturated carbocycles. The quantitative estimate of drug-likeness (QED) is 0.498. The van der Waals surface area contributed by atoms with Gasteiger partial charge in [-0.1, -0.05) is 61.4 Å². The normalized spacial score (nSPS) is 15.8. The maximum absolute atomic E-state index is 13.2. The van der Waals surface area contributed by atoms with Gasteiger partial charge in [0.25, 0.3) is 5.91 Å². The number of alkyl carbamates (subject to hydrolysis) is 1. The number of aromatic carboxylic acids is 1. The average molecular weight is 475 g/mol. The number of hydrogen-bond acceptors (Lipinski definition) is 5. The number of benzene rings is 2. The van der Waals surface area contributed by atoms with Crippen LogP contribution in [-0.2, 0) is 16.6 Å². The molecule has 0 unspecified atom stereocenters. The van der Waals surface area contributed by atoms with Crippen LogP contribution in [0.15, 0.2) is 54.7 Å². The topological polar surface area (TPSA) is 123 Å². The molecule has 0 atom stereocenters. The Kier molecular flexibility index (Phi) is 5.76. The van der Waals surface area contributed by atoms with Crippen LogP contribution in [0.25, 0.3) is 11.1 Å². The number of aryl methyl sites for hydroxylation is 1. The van der Waals surface area contributed by atoms with Crippen LogP contribution in [0.2, 0.25) is 0 Å². The van der Waals surface area contributed by atoms with Crippen molar-refractivity contribution in [1.29, 1.82) is 0 Å². The van der Waals surface area contributed by atoms with Gasteiger partial charge in [-0.3, -0.25) is 9.48 Å². The molecule has 180 valence electrons. The van der Waals surface area contributed by atoms with E-state index in [9.17, 15) is 19.5 Å². The monoisotopic (exact) mass is 474 g/mol. The zero-order chi connectivity index (χ0) is 24.6. The second-order valence-corrected chi connectivity index (χ2v) is 9.06. The van der Waals surface area contributed by atoms with E-state index in [1.54, 1.807) is 7.05 Å². The number of nitrogens with one attached hydrogen (secondary N) is 2. The smallest absolute Gasteiger partial charge is 0.408 e. The van der Waals surface area contributed by atoms with Gasteiger partial charge in [0.05, 0.1) is 0 Å². The molecule has 35 heavy (non-hydrogen) atoms. The summed E-state index contributed by atoms with van der Waals surface area (Å²) in [6.45, 7) is 0.140. The first-order chi connectivity index (χ1) is 16.9. The lowest BCUT2D eigenvalue weighted by Gasteiger charge is -2.28. The first-order valence-corrected chi connectivity index (χ1v) is 11.6. The highest BCUT2D eigenvalue weighted by molar-refractivity contribution is 6.03. The lowest BCUT2D eigenvalue weighted by Crippen LogP contribution is -2.55. The van der Waals surface area contributed by atoms with Crippen LogP contribution in [0.3, 0.4) is 0 Å². The Morgan fingerprint density at radius 2 is 1.66 bits per heavy atom. The molecule has 2 aliphatic carbocycles. The molecule has 0 radical (unpaired) electrons. The summed E-state index contributed by atoms with van der Waals surface area (Å²) < 4.78 is 6.97. The second-order valence-electron chi connectivity index (χ2n) is 9.06. The Morgan fingerprint density at radius 1 is 1.06 bits per heavy atom. The largest absolute Gasteiger partial charge is 0.477 e. The van der Waals surface area contributed by atoms with Crippen molar-refractivity contribution in [3.8, 4) is 11.1 Å². The number of rotatable bonds is 6. The first kappa shape index (κ1) is 22.6. The number of hydrogen-bond donors (Lipinski definition) is 3. The number of carboxylic acid groups (broad SMARTS) is 1. The Balaban J connectivity index is 1.30. The van der Waals surface area contributed by atoms with E-state index in [1.807, 2.05) is 36.4 Å². The molecule has 1 fully saturated rings. The molecule has 2 amide bonds. The number of carbonyl (C=O) groups excluding carboxylic acids is 2. The maximum atomic E-state index is 13.2. The van der Waals surface area contributed by atoms with Gasteiger partial charge < -0.3 is 20.5 Å². The van der Waals surface area contributed by atoms with Gasteiger partial charge in [0.1, 0.15) is 17.7 Å². The summed E-state index contributed by atoms with van der Waals surface area (Å²) in [5, 5.41) is 18.8. The predicted octanol–water partition coefficient (Wildman–Crippen LogP) is 3.91. The Hall–Kier alpha value is -4.14. The van der Waals surface area contributed by atoms with Crippen molar-refractivity contribution in [2.45, 2.75) is 37.1 Å². The minimum absolute atomic E-state index is 0.0504. The number of ether oxygens (including phenoxy) is 1. The Labute approximate surface area is 202 Å². The maximum Gasteiger partial charge on any atom is 0.408 e. The van der Waals surface area contributed by atoms with E-state index < -0.39 is 23.5 Å². The number of nitrogens with zero attached hydrogens (tertiary/aromatic N) is 2. The first-order valence-electron chi connectivity index (χ1n) is 11.6. The fourth-order valence-corrected chi connectivity index (χ4v) is 5.18. The molecule has 1 aromatic heterocycles. The Bertz CT molecular complexity index is 1260.